The Hall–Kier alpha value is -7.57. The van der Waals surface area contributed by atoms with Crippen molar-refractivity contribution < 1.29 is 0 Å². The van der Waals surface area contributed by atoms with E-state index in [1.807, 2.05) is 29.5 Å². The van der Waals surface area contributed by atoms with Gasteiger partial charge in [0.25, 0.3) is 0 Å². The first kappa shape index (κ1) is 35.2. The molecule has 0 N–H and O–H groups in total. The van der Waals surface area contributed by atoms with Gasteiger partial charge in [0.05, 0.1) is 0 Å². The highest BCUT2D eigenvalue weighted by Gasteiger charge is 2.20. The molecule has 0 bridgehead atoms. The zero-order chi connectivity index (χ0) is 40.7. The smallest absolute Gasteiger partial charge is 0.164 e. The van der Waals surface area contributed by atoms with E-state index in [1.165, 1.54) is 83.8 Å². The second kappa shape index (κ2) is 14.0. The third-order valence-electron chi connectivity index (χ3n) is 12.3. The molecule has 0 saturated heterocycles. The fourth-order valence-electron chi connectivity index (χ4n) is 9.44. The van der Waals surface area contributed by atoms with E-state index in [9.17, 15) is 0 Å². The van der Waals surface area contributed by atoms with Crippen LogP contribution in [0.5, 0.6) is 0 Å². The van der Waals surface area contributed by atoms with Crippen molar-refractivity contribution in [3.8, 4) is 56.4 Å². The van der Waals surface area contributed by atoms with Gasteiger partial charge in [-0.1, -0.05) is 164 Å². The van der Waals surface area contributed by atoms with E-state index in [0.29, 0.717) is 17.5 Å². The number of aromatic nitrogens is 3. The molecular formula is C57H33N3S2. The Morgan fingerprint density at radius 3 is 1.50 bits per heavy atom. The minimum atomic E-state index is 0.647. The molecule has 3 heterocycles. The van der Waals surface area contributed by atoms with Crippen molar-refractivity contribution in [2.24, 2.45) is 0 Å². The van der Waals surface area contributed by atoms with E-state index in [2.05, 4.69) is 182 Å². The van der Waals surface area contributed by atoms with E-state index < -0.39 is 0 Å². The first-order valence-electron chi connectivity index (χ1n) is 20.8. The minimum Gasteiger partial charge on any atom is -0.208 e. The molecule has 62 heavy (non-hydrogen) atoms. The fourth-order valence-corrected chi connectivity index (χ4v) is 11.7. The molecule has 3 aromatic heterocycles. The van der Waals surface area contributed by atoms with Gasteiger partial charge in [-0.3, -0.25) is 0 Å². The van der Waals surface area contributed by atoms with Gasteiger partial charge in [-0.2, -0.15) is 0 Å². The minimum absolute atomic E-state index is 0.647. The lowest BCUT2D eigenvalue weighted by atomic mass is 9.91. The topological polar surface area (TPSA) is 38.7 Å². The number of fused-ring (bicyclic) bond motifs is 12. The molecule has 0 radical (unpaired) electrons. The predicted octanol–water partition coefficient (Wildman–Crippen LogP) is 16.4. The summed E-state index contributed by atoms with van der Waals surface area (Å²) < 4.78 is 5.00. The van der Waals surface area contributed by atoms with Crippen molar-refractivity contribution in [1.29, 1.82) is 0 Å². The Morgan fingerprint density at radius 2 is 0.726 bits per heavy atom. The highest BCUT2D eigenvalue weighted by Crippen LogP contribution is 2.45. The van der Waals surface area contributed by atoms with Crippen molar-refractivity contribution in [2.45, 2.75) is 0 Å². The van der Waals surface area contributed by atoms with E-state index in [-0.39, 0.29) is 0 Å². The third-order valence-corrected chi connectivity index (χ3v) is 14.6. The van der Waals surface area contributed by atoms with Crippen LogP contribution in [0.4, 0.5) is 0 Å². The Labute approximate surface area is 364 Å². The molecule has 13 aromatic rings. The molecule has 10 aromatic carbocycles. The first-order chi connectivity index (χ1) is 30.7. The fraction of sp³-hybridized carbons (Fsp3) is 0. The standard InChI is InChI=1S/C57H33N3S2/c1-2-13-34(14-3-1)55-58-56(37-26-29-45-44-20-10-11-23-50(44)62-53(45)33-37)60-57(59-55)47-21-9-8-19-42(47)46-22-12-24-52-54(46)49-32-36(27-30-51(49)61-52)35-25-28-43-40-17-5-4-15-38(40)39-16-6-7-18-41(39)48(43)31-35/h1-33H. The summed E-state index contributed by atoms with van der Waals surface area (Å²) in [6.07, 6.45) is 0. The number of rotatable bonds is 5. The van der Waals surface area contributed by atoms with Crippen LogP contribution < -0.4 is 0 Å². The summed E-state index contributed by atoms with van der Waals surface area (Å²) in [6.45, 7) is 0. The quantitative estimate of drug-likeness (QED) is 0.162. The van der Waals surface area contributed by atoms with Gasteiger partial charge in [0.2, 0.25) is 0 Å². The van der Waals surface area contributed by atoms with Crippen LogP contribution in [-0.2, 0) is 0 Å². The molecule has 0 saturated carbocycles. The maximum atomic E-state index is 5.28. The van der Waals surface area contributed by atoms with Crippen molar-refractivity contribution in [1.82, 2.24) is 15.0 Å². The lowest BCUT2D eigenvalue weighted by Crippen LogP contribution is -2.01. The summed E-state index contributed by atoms with van der Waals surface area (Å²) in [4.78, 5) is 15.6. The molecule has 13 rings (SSSR count). The Balaban J connectivity index is 0.982. The molecule has 0 aliphatic rings. The maximum absolute atomic E-state index is 5.28. The van der Waals surface area contributed by atoms with Crippen LogP contribution >= 0.6 is 22.7 Å². The number of hydrogen-bond donors (Lipinski definition) is 0. The van der Waals surface area contributed by atoms with Gasteiger partial charge in [-0.25, -0.2) is 15.0 Å². The van der Waals surface area contributed by atoms with Crippen LogP contribution in [0, 0.1) is 0 Å². The van der Waals surface area contributed by atoms with E-state index in [1.54, 1.807) is 11.3 Å². The molecule has 0 spiro atoms. The van der Waals surface area contributed by atoms with Crippen molar-refractivity contribution in [3.63, 3.8) is 0 Å². The monoisotopic (exact) mass is 823 g/mol. The molecule has 3 nitrogen and oxygen atoms in total. The summed E-state index contributed by atoms with van der Waals surface area (Å²) in [5, 5.41) is 12.7. The number of thiophene rings is 2. The Kier molecular flexibility index (Phi) is 7.95. The van der Waals surface area contributed by atoms with Gasteiger partial charge in [0.1, 0.15) is 0 Å². The number of benzene rings is 10. The van der Waals surface area contributed by atoms with E-state index in [4.69, 9.17) is 15.0 Å². The van der Waals surface area contributed by atoms with Crippen molar-refractivity contribution >= 4 is 95.3 Å². The zero-order valence-electron chi connectivity index (χ0n) is 33.2. The molecule has 0 aliphatic heterocycles. The predicted molar refractivity (Wildman–Crippen MR) is 265 cm³/mol. The van der Waals surface area contributed by atoms with Gasteiger partial charge < -0.3 is 0 Å². The van der Waals surface area contributed by atoms with Crippen LogP contribution in [0.2, 0.25) is 0 Å². The largest absolute Gasteiger partial charge is 0.208 e. The maximum Gasteiger partial charge on any atom is 0.164 e. The van der Waals surface area contributed by atoms with Crippen LogP contribution in [0.15, 0.2) is 200 Å². The van der Waals surface area contributed by atoms with Gasteiger partial charge in [-0.05, 0) is 91.0 Å². The van der Waals surface area contributed by atoms with Crippen LogP contribution in [-0.4, -0.2) is 15.0 Å². The molecule has 0 aliphatic carbocycles. The second-order valence-electron chi connectivity index (χ2n) is 15.9. The van der Waals surface area contributed by atoms with Gasteiger partial charge in [0.15, 0.2) is 17.5 Å². The Bertz CT molecular complexity index is 3900. The lowest BCUT2D eigenvalue weighted by Gasteiger charge is -2.13. The molecule has 0 fully saturated rings. The van der Waals surface area contributed by atoms with Crippen molar-refractivity contribution in [2.75, 3.05) is 0 Å². The summed E-state index contributed by atoms with van der Waals surface area (Å²) in [5.74, 6) is 1.95. The van der Waals surface area contributed by atoms with E-state index in [0.717, 1.165) is 27.8 Å². The second-order valence-corrected chi connectivity index (χ2v) is 18.0. The average Bonchev–Trinajstić information content (AvgIpc) is 3.92. The molecule has 0 atom stereocenters. The van der Waals surface area contributed by atoms with Crippen molar-refractivity contribution in [3.05, 3.63) is 200 Å². The third kappa shape index (κ3) is 5.60. The molecule has 0 unspecified atom stereocenters. The summed E-state index contributed by atoms with van der Waals surface area (Å²) in [6, 6.07) is 72.2. The Morgan fingerprint density at radius 1 is 0.242 bits per heavy atom. The summed E-state index contributed by atoms with van der Waals surface area (Å²) in [5.41, 5.74) is 7.53. The van der Waals surface area contributed by atoms with Crippen LogP contribution in [0.1, 0.15) is 0 Å². The highest BCUT2D eigenvalue weighted by molar-refractivity contribution is 7.26. The lowest BCUT2D eigenvalue weighted by molar-refractivity contribution is 1.07. The molecular weight excluding hydrogens is 791 g/mol. The SMILES string of the molecule is c1ccc(-c2nc(-c3ccc4c(c3)sc3ccccc34)nc(-c3ccccc3-c3cccc4sc5ccc(-c6ccc7c8ccccc8c8ccccc8c7c6)cc5c34)n2)cc1. The van der Waals surface area contributed by atoms with Crippen LogP contribution in [0.3, 0.4) is 0 Å². The molecule has 5 heteroatoms. The zero-order valence-corrected chi connectivity index (χ0v) is 34.8. The number of hydrogen-bond acceptors (Lipinski definition) is 5. The average molecular weight is 824 g/mol. The number of nitrogens with zero attached hydrogens (tertiary/aromatic N) is 3. The van der Waals surface area contributed by atoms with Gasteiger partial charge in [0, 0.05) is 57.0 Å². The normalized spacial score (nSPS) is 11.9. The summed E-state index contributed by atoms with van der Waals surface area (Å²) >= 11 is 3.65. The highest BCUT2D eigenvalue weighted by atomic mass is 32.1. The summed E-state index contributed by atoms with van der Waals surface area (Å²) in [7, 11) is 0. The van der Waals surface area contributed by atoms with E-state index >= 15 is 0 Å². The van der Waals surface area contributed by atoms with Crippen LogP contribution in [0.25, 0.3) is 129 Å². The van der Waals surface area contributed by atoms with Gasteiger partial charge in [-0.15, -0.1) is 22.7 Å². The first-order valence-corrected chi connectivity index (χ1v) is 22.5. The van der Waals surface area contributed by atoms with Gasteiger partial charge >= 0.3 is 0 Å². The molecule has 288 valence electrons. The molecule has 0 amide bonds.